The lowest BCUT2D eigenvalue weighted by molar-refractivity contribution is -0.154. The SMILES string of the molecule is CC(C)OC(=O)C1CCC(=O)N1C. The normalized spacial score (nSPS) is 22.6. The monoisotopic (exact) mass is 185 g/mol. The Hall–Kier alpha value is -1.06. The van der Waals surface area contributed by atoms with Crippen molar-refractivity contribution in [1.29, 1.82) is 0 Å². The first-order chi connectivity index (χ1) is 6.02. The molecule has 74 valence electrons. The largest absolute Gasteiger partial charge is 0.461 e. The van der Waals surface area contributed by atoms with E-state index < -0.39 is 0 Å². The summed E-state index contributed by atoms with van der Waals surface area (Å²) >= 11 is 0. The highest BCUT2D eigenvalue weighted by Gasteiger charge is 2.34. The highest BCUT2D eigenvalue weighted by molar-refractivity contribution is 5.87. The maximum Gasteiger partial charge on any atom is 0.329 e. The number of amides is 1. The molecule has 1 heterocycles. The van der Waals surface area contributed by atoms with E-state index in [-0.39, 0.29) is 24.0 Å². The first kappa shape index (κ1) is 10.0. The molecule has 1 saturated heterocycles. The van der Waals surface area contributed by atoms with Gasteiger partial charge in [-0.25, -0.2) is 4.79 Å². The molecule has 1 amide bonds. The molecule has 13 heavy (non-hydrogen) atoms. The van der Waals surface area contributed by atoms with Crippen LogP contribution < -0.4 is 0 Å². The summed E-state index contributed by atoms with van der Waals surface area (Å²) in [7, 11) is 1.64. The third-order valence-corrected chi connectivity index (χ3v) is 2.12. The van der Waals surface area contributed by atoms with Crippen LogP contribution in [-0.2, 0) is 14.3 Å². The van der Waals surface area contributed by atoms with Crippen LogP contribution in [0.15, 0.2) is 0 Å². The summed E-state index contributed by atoms with van der Waals surface area (Å²) in [4.78, 5) is 24.0. The van der Waals surface area contributed by atoms with Gasteiger partial charge < -0.3 is 9.64 Å². The number of hydrogen-bond donors (Lipinski definition) is 0. The zero-order chi connectivity index (χ0) is 10.0. The van der Waals surface area contributed by atoms with E-state index >= 15 is 0 Å². The molecule has 0 aromatic rings. The van der Waals surface area contributed by atoms with E-state index in [2.05, 4.69) is 0 Å². The molecule has 1 atom stereocenters. The van der Waals surface area contributed by atoms with E-state index in [1.165, 1.54) is 4.90 Å². The fourth-order valence-electron chi connectivity index (χ4n) is 1.39. The molecule has 1 aliphatic heterocycles. The fraction of sp³-hybridized carbons (Fsp3) is 0.778. The average Bonchev–Trinajstić information content (AvgIpc) is 2.31. The summed E-state index contributed by atoms with van der Waals surface area (Å²) in [6.45, 7) is 3.60. The molecule has 1 fully saturated rings. The Labute approximate surface area is 77.8 Å². The van der Waals surface area contributed by atoms with Gasteiger partial charge in [0.2, 0.25) is 5.91 Å². The first-order valence-corrected chi connectivity index (χ1v) is 4.48. The summed E-state index contributed by atoms with van der Waals surface area (Å²) in [6, 6.07) is -0.366. The van der Waals surface area contributed by atoms with Gasteiger partial charge in [-0.05, 0) is 20.3 Å². The number of likely N-dealkylation sites (tertiary alicyclic amines) is 1. The number of rotatable bonds is 2. The topological polar surface area (TPSA) is 46.6 Å². The van der Waals surface area contributed by atoms with E-state index in [9.17, 15) is 9.59 Å². The Balaban J connectivity index is 2.53. The Kier molecular flexibility index (Phi) is 2.90. The standard InChI is InChI=1S/C9H15NO3/c1-6(2)13-9(12)7-4-5-8(11)10(7)3/h6-7H,4-5H2,1-3H3. The van der Waals surface area contributed by atoms with Crippen molar-refractivity contribution in [1.82, 2.24) is 4.90 Å². The highest BCUT2D eigenvalue weighted by Crippen LogP contribution is 2.17. The number of likely N-dealkylation sites (N-methyl/N-ethyl adjacent to an activating group) is 1. The van der Waals surface area contributed by atoms with Crippen LogP contribution in [0.2, 0.25) is 0 Å². The van der Waals surface area contributed by atoms with Crippen LogP contribution >= 0.6 is 0 Å². The fourth-order valence-corrected chi connectivity index (χ4v) is 1.39. The van der Waals surface area contributed by atoms with Gasteiger partial charge in [0, 0.05) is 13.5 Å². The van der Waals surface area contributed by atoms with Crippen molar-refractivity contribution in [3.63, 3.8) is 0 Å². The molecule has 4 nitrogen and oxygen atoms in total. The number of ether oxygens (including phenoxy) is 1. The molecule has 0 aliphatic carbocycles. The van der Waals surface area contributed by atoms with Crippen molar-refractivity contribution in [3.05, 3.63) is 0 Å². The summed E-state index contributed by atoms with van der Waals surface area (Å²) in [5.41, 5.74) is 0. The summed E-state index contributed by atoms with van der Waals surface area (Å²) in [5, 5.41) is 0. The molecule has 0 spiro atoms. The summed E-state index contributed by atoms with van der Waals surface area (Å²) in [5.74, 6) is -0.269. The molecule has 0 aromatic heterocycles. The molecule has 0 radical (unpaired) electrons. The third kappa shape index (κ3) is 2.20. The van der Waals surface area contributed by atoms with Gasteiger partial charge in [0.15, 0.2) is 0 Å². The molecular weight excluding hydrogens is 170 g/mol. The molecule has 0 N–H and O–H groups in total. The Morgan fingerprint density at radius 2 is 2.23 bits per heavy atom. The number of esters is 1. The van der Waals surface area contributed by atoms with Gasteiger partial charge in [-0.1, -0.05) is 0 Å². The number of nitrogens with zero attached hydrogens (tertiary/aromatic N) is 1. The molecule has 0 bridgehead atoms. The Morgan fingerprint density at radius 1 is 1.62 bits per heavy atom. The van der Waals surface area contributed by atoms with Crippen molar-refractivity contribution in [3.8, 4) is 0 Å². The van der Waals surface area contributed by atoms with Gasteiger partial charge in [0.05, 0.1) is 6.10 Å². The van der Waals surface area contributed by atoms with Crippen LogP contribution in [0.1, 0.15) is 26.7 Å². The molecule has 0 saturated carbocycles. The number of carbonyl (C=O) groups excluding carboxylic acids is 2. The van der Waals surface area contributed by atoms with Crippen LogP contribution in [0, 0.1) is 0 Å². The summed E-state index contributed by atoms with van der Waals surface area (Å²) in [6.07, 6.45) is 0.923. The lowest BCUT2D eigenvalue weighted by atomic mass is 10.2. The molecule has 0 aromatic carbocycles. The van der Waals surface area contributed by atoms with E-state index in [0.29, 0.717) is 12.8 Å². The molecule has 1 aliphatic rings. The van der Waals surface area contributed by atoms with Crippen LogP contribution in [0.3, 0.4) is 0 Å². The molecule has 1 unspecified atom stereocenters. The van der Waals surface area contributed by atoms with Gasteiger partial charge >= 0.3 is 5.97 Å². The lowest BCUT2D eigenvalue weighted by Crippen LogP contribution is -2.37. The van der Waals surface area contributed by atoms with Gasteiger partial charge in [-0.15, -0.1) is 0 Å². The number of hydrogen-bond acceptors (Lipinski definition) is 3. The smallest absolute Gasteiger partial charge is 0.329 e. The van der Waals surface area contributed by atoms with Crippen LogP contribution in [0.4, 0.5) is 0 Å². The molecule has 1 rings (SSSR count). The third-order valence-electron chi connectivity index (χ3n) is 2.12. The van der Waals surface area contributed by atoms with E-state index in [1.807, 2.05) is 0 Å². The average molecular weight is 185 g/mol. The quantitative estimate of drug-likeness (QED) is 0.590. The molecular formula is C9H15NO3. The van der Waals surface area contributed by atoms with Crippen molar-refractivity contribution in [2.45, 2.75) is 38.8 Å². The minimum Gasteiger partial charge on any atom is -0.461 e. The minimum atomic E-state index is -0.366. The van der Waals surface area contributed by atoms with Crippen molar-refractivity contribution in [2.24, 2.45) is 0 Å². The van der Waals surface area contributed by atoms with Gasteiger partial charge in [0.1, 0.15) is 6.04 Å². The zero-order valence-corrected chi connectivity index (χ0v) is 8.24. The van der Waals surface area contributed by atoms with Crippen LogP contribution in [-0.4, -0.2) is 36.0 Å². The highest BCUT2D eigenvalue weighted by atomic mass is 16.5. The number of carbonyl (C=O) groups is 2. The second kappa shape index (κ2) is 3.77. The predicted molar refractivity (Wildman–Crippen MR) is 47.0 cm³/mol. The van der Waals surface area contributed by atoms with Crippen LogP contribution in [0.5, 0.6) is 0 Å². The second-order valence-electron chi connectivity index (χ2n) is 3.54. The Morgan fingerprint density at radius 3 is 2.62 bits per heavy atom. The van der Waals surface area contributed by atoms with Crippen molar-refractivity contribution < 1.29 is 14.3 Å². The minimum absolute atomic E-state index is 0.0192. The van der Waals surface area contributed by atoms with Crippen LogP contribution in [0.25, 0.3) is 0 Å². The van der Waals surface area contributed by atoms with E-state index in [0.717, 1.165) is 0 Å². The van der Waals surface area contributed by atoms with Gasteiger partial charge in [-0.2, -0.15) is 0 Å². The Bertz CT molecular complexity index is 225. The summed E-state index contributed by atoms with van der Waals surface area (Å²) < 4.78 is 5.02. The predicted octanol–water partition coefficient (Wildman–Crippen LogP) is 0.559. The zero-order valence-electron chi connectivity index (χ0n) is 8.24. The molecule has 4 heteroatoms. The van der Waals surface area contributed by atoms with E-state index in [1.54, 1.807) is 20.9 Å². The maximum atomic E-state index is 11.4. The van der Waals surface area contributed by atoms with Gasteiger partial charge in [0.25, 0.3) is 0 Å². The maximum absolute atomic E-state index is 11.4. The lowest BCUT2D eigenvalue weighted by Gasteiger charge is -2.19. The van der Waals surface area contributed by atoms with Crippen molar-refractivity contribution >= 4 is 11.9 Å². The van der Waals surface area contributed by atoms with Gasteiger partial charge in [-0.3, -0.25) is 4.79 Å². The van der Waals surface area contributed by atoms with Crippen molar-refractivity contribution in [2.75, 3.05) is 7.05 Å². The first-order valence-electron chi connectivity index (χ1n) is 4.48. The van der Waals surface area contributed by atoms with E-state index in [4.69, 9.17) is 4.74 Å². The second-order valence-corrected chi connectivity index (χ2v) is 3.54.